The van der Waals surface area contributed by atoms with Gasteiger partial charge in [0, 0.05) is 62.1 Å². The number of hydrogen-bond acceptors (Lipinski definition) is 9. The van der Waals surface area contributed by atoms with E-state index in [1.54, 1.807) is 11.0 Å². The molecule has 3 amide bonds. The molecule has 5 heterocycles. The van der Waals surface area contributed by atoms with Crippen molar-refractivity contribution in [3.05, 3.63) is 88.9 Å². The lowest BCUT2D eigenvalue weighted by Gasteiger charge is -2.38. The second kappa shape index (κ2) is 11.9. The van der Waals surface area contributed by atoms with E-state index in [-0.39, 0.29) is 18.2 Å². The number of fused-ring (bicyclic) bond motifs is 2. The number of likely N-dealkylation sites (tertiary alicyclic amines) is 1. The zero-order chi connectivity index (χ0) is 32.0. The first-order chi connectivity index (χ1) is 22.1. The third kappa shape index (κ3) is 5.83. The Morgan fingerprint density at radius 1 is 0.978 bits per heavy atom. The van der Waals surface area contributed by atoms with Crippen LogP contribution < -0.4 is 10.6 Å². The van der Waals surface area contributed by atoms with Crippen LogP contribution in [-0.2, 0) is 28.3 Å². The molecule has 2 fully saturated rings. The topological polar surface area (TPSA) is 141 Å². The molecule has 0 spiro atoms. The van der Waals surface area contributed by atoms with Crippen LogP contribution in [-0.4, -0.2) is 66.7 Å². The van der Waals surface area contributed by atoms with Gasteiger partial charge in [0.1, 0.15) is 11.9 Å². The van der Waals surface area contributed by atoms with Crippen molar-refractivity contribution < 1.29 is 19.5 Å². The van der Waals surface area contributed by atoms with Crippen LogP contribution in [0.3, 0.4) is 0 Å². The number of pyridine rings is 1. The highest BCUT2D eigenvalue weighted by molar-refractivity contribution is 6.05. The highest BCUT2D eigenvalue weighted by Crippen LogP contribution is 2.37. The van der Waals surface area contributed by atoms with Crippen LogP contribution in [0.5, 0.6) is 0 Å². The van der Waals surface area contributed by atoms with E-state index in [0.717, 1.165) is 47.1 Å². The molecule has 0 saturated carbocycles. The van der Waals surface area contributed by atoms with Gasteiger partial charge < -0.3 is 15.3 Å². The summed E-state index contributed by atoms with van der Waals surface area (Å²) < 4.78 is 0. The zero-order valence-electron chi connectivity index (χ0n) is 26.0. The molecule has 1 unspecified atom stereocenters. The highest BCUT2D eigenvalue weighted by atomic mass is 16.3. The standard InChI is InChI=1S/C35H37N7O4/c1-21(2)26-17-37-34(38-18-26)39-30-15-23-4-3-22(13-24(23)16-36-30)19-41-11-9-35(46,10-12-41)27-5-6-28-25(14-27)20-42(33(28)45)29-7-8-31(43)40-32(29)44/h3-6,13-18,21,29,46H,7-12,19-20H2,1-2H3,(H,40,43,44)(H,36,37,38,39). The first-order valence-electron chi connectivity index (χ1n) is 15.9. The van der Waals surface area contributed by atoms with E-state index < -0.39 is 17.6 Å². The van der Waals surface area contributed by atoms with Crippen LogP contribution in [0.1, 0.15) is 78.1 Å². The van der Waals surface area contributed by atoms with Crippen molar-refractivity contribution in [2.24, 2.45) is 0 Å². The molecule has 11 heteroatoms. The molecule has 2 saturated heterocycles. The van der Waals surface area contributed by atoms with Gasteiger partial charge in [-0.05, 0) is 71.0 Å². The van der Waals surface area contributed by atoms with Crippen LogP contribution in [0.4, 0.5) is 11.8 Å². The largest absolute Gasteiger partial charge is 0.385 e. The van der Waals surface area contributed by atoms with Crippen molar-refractivity contribution in [3.63, 3.8) is 0 Å². The van der Waals surface area contributed by atoms with E-state index in [1.807, 2.05) is 36.8 Å². The quantitative estimate of drug-likeness (QED) is 0.260. The number of anilines is 2. The number of carbonyl (C=O) groups excluding carboxylic acids is 3. The van der Waals surface area contributed by atoms with Gasteiger partial charge in [0.25, 0.3) is 5.91 Å². The summed E-state index contributed by atoms with van der Waals surface area (Å²) in [6.45, 7) is 6.73. The van der Waals surface area contributed by atoms with Gasteiger partial charge in [0.15, 0.2) is 0 Å². The summed E-state index contributed by atoms with van der Waals surface area (Å²) in [5.74, 6) is 0.638. The number of hydrogen-bond donors (Lipinski definition) is 3. The molecule has 3 N–H and O–H groups in total. The molecule has 0 radical (unpaired) electrons. The van der Waals surface area contributed by atoms with Crippen LogP contribution in [0.15, 0.2) is 61.1 Å². The molecule has 236 valence electrons. The Kier molecular flexibility index (Phi) is 7.74. The molecule has 2 aromatic carbocycles. The Bertz CT molecular complexity index is 1830. The Balaban J connectivity index is 0.970. The van der Waals surface area contributed by atoms with Crippen molar-refractivity contribution in [2.45, 2.75) is 70.2 Å². The number of benzene rings is 2. The molecule has 7 rings (SSSR count). The van der Waals surface area contributed by atoms with Crippen molar-refractivity contribution >= 4 is 40.3 Å². The molecule has 46 heavy (non-hydrogen) atoms. The monoisotopic (exact) mass is 619 g/mol. The highest BCUT2D eigenvalue weighted by Gasteiger charge is 2.40. The zero-order valence-corrected chi connectivity index (χ0v) is 26.0. The normalized spacial score (nSPS) is 19.9. The van der Waals surface area contributed by atoms with E-state index in [2.05, 4.69) is 62.5 Å². The smallest absolute Gasteiger partial charge is 0.255 e. The molecular weight excluding hydrogens is 582 g/mol. The van der Waals surface area contributed by atoms with Crippen LogP contribution >= 0.6 is 0 Å². The lowest BCUT2D eigenvalue weighted by molar-refractivity contribution is -0.136. The van der Waals surface area contributed by atoms with E-state index in [4.69, 9.17) is 0 Å². The minimum atomic E-state index is -0.994. The minimum absolute atomic E-state index is 0.207. The summed E-state index contributed by atoms with van der Waals surface area (Å²) in [4.78, 5) is 54.3. The fourth-order valence-electron chi connectivity index (χ4n) is 6.66. The molecule has 2 aromatic heterocycles. The second-order valence-corrected chi connectivity index (χ2v) is 13.0. The van der Waals surface area contributed by atoms with Crippen LogP contribution in [0.25, 0.3) is 10.8 Å². The lowest BCUT2D eigenvalue weighted by Crippen LogP contribution is -2.52. The third-order valence-electron chi connectivity index (χ3n) is 9.51. The average Bonchev–Trinajstić information content (AvgIpc) is 3.37. The summed E-state index contributed by atoms with van der Waals surface area (Å²) in [5, 5.41) is 19.3. The van der Waals surface area contributed by atoms with E-state index >= 15 is 0 Å². The number of rotatable bonds is 7. The Hall–Kier alpha value is -4.74. The van der Waals surface area contributed by atoms with Gasteiger partial charge in [0.05, 0.1) is 5.60 Å². The molecule has 3 aliphatic heterocycles. The summed E-state index contributed by atoms with van der Waals surface area (Å²) in [6, 6.07) is 13.3. The van der Waals surface area contributed by atoms with E-state index in [9.17, 15) is 19.5 Å². The number of aliphatic hydroxyl groups is 1. The van der Waals surface area contributed by atoms with Gasteiger partial charge in [-0.1, -0.05) is 38.1 Å². The number of amides is 3. The SMILES string of the molecule is CC(C)c1cnc(Nc2cc3ccc(CN4CCC(O)(c5ccc6c(c5)CN(C5CCC(=O)NC5=O)C6=O)CC4)cc3cn2)nc1. The van der Waals surface area contributed by atoms with Gasteiger partial charge >= 0.3 is 0 Å². The lowest BCUT2D eigenvalue weighted by atomic mass is 9.83. The molecule has 3 aliphatic rings. The van der Waals surface area contributed by atoms with Gasteiger partial charge in [-0.25, -0.2) is 15.0 Å². The molecule has 11 nitrogen and oxygen atoms in total. The van der Waals surface area contributed by atoms with Gasteiger partial charge in [-0.15, -0.1) is 0 Å². The minimum Gasteiger partial charge on any atom is -0.385 e. The summed E-state index contributed by atoms with van der Waals surface area (Å²) in [5.41, 5.74) is 3.43. The van der Waals surface area contributed by atoms with Gasteiger partial charge in [-0.2, -0.15) is 0 Å². The number of carbonyl (C=O) groups is 3. The predicted octanol–water partition coefficient (Wildman–Crippen LogP) is 4.14. The number of nitrogens with one attached hydrogen (secondary N) is 2. The Morgan fingerprint density at radius 3 is 2.50 bits per heavy atom. The number of imide groups is 1. The molecule has 0 aliphatic carbocycles. The molecule has 0 bridgehead atoms. The van der Waals surface area contributed by atoms with E-state index in [0.29, 0.717) is 49.1 Å². The first-order valence-corrected chi connectivity index (χ1v) is 15.9. The summed E-state index contributed by atoms with van der Waals surface area (Å²) in [7, 11) is 0. The third-order valence-corrected chi connectivity index (χ3v) is 9.51. The fourth-order valence-corrected chi connectivity index (χ4v) is 6.66. The Morgan fingerprint density at radius 2 is 1.76 bits per heavy atom. The second-order valence-electron chi connectivity index (χ2n) is 13.0. The van der Waals surface area contributed by atoms with E-state index in [1.165, 1.54) is 5.56 Å². The molecule has 1 atom stereocenters. The average molecular weight is 620 g/mol. The Labute approximate surface area is 267 Å². The van der Waals surface area contributed by atoms with Gasteiger partial charge in [0.2, 0.25) is 17.8 Å². The van der Waals surface area contributed by atoms with Crippen LogP contribution in [0, 0.1) is 0 Å². The van der Waals surface area contributed by atoms with Crippen molar-refractivity contribution in [1.29, 1.82) is 0 Å². The maximum absolute atomic E-state index is 13.1. The van der Waals surface area contributed by atoms with Crippen LogP contribution in [0.2, 0.25) is 0 Å². The molecular formula is C35H37N7O4. The predicted molar refractivity (Wildman–Crippen MR) is 172 cm³/mol. The first kappa shape index (κ1) is 29.9. The van der Waals surface area contributed by atoms with Crippen molar-refractivity contribution in [3.8, 4) is 0 Å². The van der Waals surface area contributed by atoms with Gasteiger partial charge in [-0.3, -0.25) is 24.6 Å². The van der Waals surface area contributed by atoms with Crippen molar-refractivity contribution in [2.75, 3.05) is 18.4 Å². The fraction of sp³-hybridized carbons (Fsp3) is 0.371. The number of piperidine rings is 2. The number of aromatic nitrogens is 3. The summed E-state index contributed by atoms with van der Waals surface area (Å²) in [6.07, 6.45) is 7.21. The summed E-state index contributed by atoms with van der Waals surface area (Å²) >= 11 is 0. The molecule has 4 aromatic rings. The number of nitrogens with zero attached hydrogens (tertiary/aromatic N) is 5. The maximum atomic E-state index is 13.1. The maximum Gasteiger partial charge on any atom is 0.255 e. The van der Waals surface area contributed by atoms with Crippen molar-refractivity contribution in [1.82, 2.24) is 30.1 Å².